The molecule has 2 amide bonds. The van der Waals surface area contributed by atoms with Crippen LogP contribution in [0.1, 0.15) is 30.9 Å². The predicted molar refractivity (Wildman–Crippen MR) is 72.9 cm³/mol. The Morgan fingerprint density at radius 3 is 2.68 bits per heavy atom. The third kappa shape index (κ3) is 1.59. The number of carbonyl (C=O) groups excluding carboxylic acids is 2. The van der Waals surface area contributed by atoms with E-state index in [1.807, 2.05) is 39.0 Å². The molecule has 4 nitrogen and oxygen atoms in total. The van der Waals surface area contributed by atoms with E-state index in [1.54, 1.807) is 0 Å². The summed E-state index contributed by atoms with van der Waals surface area (Å²) < 4.78 is 0. The number of hydrogen-bond acceptors (Lipinski definition) is 3. The average Bonchev–Trinajstić information content (AvgIpc) is 2.63. The Kier molecular flexibility index (Phi) is 2.62. The first-order valence-electron chi connectivity index (χ1n) is 6.77. The molecule has 1 N–H and O–H groups in total. The molecule has 2 heterocycles. The van der Waals surface area contributed by atoms with Crippen LogP contribution >= 0.6 is 0 Å². The number of anilines is 1. The van der Waals surface area contributed by atoms with Crippen molar-refractivity contribution in [2.24, 2.45) is 5.92 Å². The number of carbonyl (C=O) groups is 2. The van der Waals surface area contributed by atoms with Gasteiger partial charge in [-0.05, 0) is 32.4 Å². The van der Waals surface area contributed by atoms with E-state index in [0.29, 0.717) is 6.54 Å². The Hall–Kier alpha value is -1.84. The van der Waals surface area contributed by atoms with Crippen LogP contribution in [0.2, 0.25) is 0 Å². The van der Waals surface area contributed by atoms with Gasteiger partial charge < -0.3 is 5.32 Å². The largest absolute Gasteiger partial charge is 0.382 e. The summed E-state index contributed by atoms with van der Waals surface area (Å²) in [6.07, 6.45) is 0. The van der Waals surface area contributed by atoms with Crippen molar-refractivity contribution in [3.05, 3.63) is 29.3 Å². The summed E-state index contributed by atoms with van der Waals surface area (Å²) in [6, 6.07) is 6.05. The average molecular weight is 258 g/mol. The summed E-state index contributed by atoms with van der Waals surface area (Å²) in [5, 5.41) is 3.35. The molecule has 0 spiro atoms. The van der Waals surface area contributed by atoms with Crippen LogP contribution in [-0.4, -0.2) is 29.3 Å². The zero-order valence-corrected chi connectivity index (χ0v) is 11.4. The Morgan fingerprint density at radius 2 is 2.00 bits per heavy atom. The van der Waals surface area contributed by atoms with Crippen molar-refractivity contribution in [2.45, 2.75) is 32.7 Å². The first kappa shape index (κ1) is 12.2. The Bertz CT molecular complexity index is 567. The SMILES string of the molecule is CCN1C(=O)[C@@H]2c3cc(C)ccc3NC(C)[C@@H]2C1=O. The lowest BCUT2D eigenvalue weighted by atomic mass is 9.79. The van der Waals surface area contributed by atoms with Gasteiger partial charge in [0, 0.05) is 18.3 Å². The number of aryl methyl sites for hydroxylation is 1. The molecule has 0 aromatic heterocycles. The highest BCUT2D eigenvalue weighted by molar-refractivity contribution is 6.09. The van der Waals surface area contributed by atoms with Crippen molar-refractivity contribution in [3.63, 3.8) is 0 Å². The van der Waals surface area contributed by atoms with E-state index >= 15 is 0 Å². The Labute approximate surface area is 112 Å². The molecule has 0 aliphatic carbocycles. The minimum absolute atomic E-state index is 0.00629. The Morgan fingerprint density at radius 1 is 1.26 bits per heavy atom. The minimum atomic E-state index is -0.307. The molecule has 3 rings (SSSR count). The first-order valence-corrected chi connectivity index (χ1v) is 6.77. The molecule has 4 heteroatoms. The van der Waals surface area contributed by atoms with E-state index in [1.165, 1.54) is 4.90 Å². The van der Waals surface area contributed by atoms with Crippen molar-refractivity contribution in [3.8, 4) is 0 Å². The molecule has 1 unspecified atom stereocenters. The maximum absolute atomic E-state index is 12.5. The molecule has 1 aromatic rings. The van der Waals surface area contributed by atoms with Gasteiger partial charge in [0.1, 0.15) is 0 Å². The highest BCUT2D eigenvalue weighted by Gasteiger charge is 2.52. The lowest BCUT2D eigenvalue weighted by Gasteiger charge is -2.32. The van der Waals surface area contributed by atoms with Gasteiger partial charge in [-0.3, -0.25) is 14.5 Å². The number of likely N-dealkylation sites (tertiary alicyclic amines) is 1. The van der Waals surface area contributed by atoms with E-state index in [9.17, 15) is 9.59 Å². The number of benzene rings is 1. The van der Waals surface area contributed by atoms with Gasteiger partial charge in [-0.1, -0.05) is 17.7 Å². The van der Waals surface area contributed by atoms with E-state index in [-0.39, 0.29) is 29.7 Å². The van der Waals surface area contributed by atoms with Gasteiger partial charge in [-0.25, -0.2) is 0 Å². The number of rotatable bonds is 1. The fourth-order valence-corrected chi connectivity index (χ4v) is 3.30. The summed E-state index contributed by atoms with van der Waals surface area (Å²) >= 11 is 0. The molecule has 3 atom stereocenters. The number of nitrogens with zero attached hydrogens (tertiary/aromatic N) is 1. The van der Waals surface area contributed by atoms with Crippen molar-refractivity contribution in [1.29, 1.82) is 0 Å². The van der Waals surface area contributed by atoms with Gasteiger partial charge in [0.15, 0.2) is 0 Å². The number of nitrogens with one attached hydrogen (secondary N) is 1. The minimum Gasteiger partial charge on any atom is -0.382 e. The van der Waals surface area contributed by atoms with Crippen LogP contribution in [0.25, 0.3) is 0 Å². The van der Waals surface area contributed by atoms with Gasteiger partial charge in [0.05, 0.1) is 11.8 Å². The quantitative estimate of drug-likeness (QED) is 0.783. The predicted octanol–water partition coefficient (Wildman–Crippen LogP) is 1.90. The second kappa shape index (κ2) is 4.08. The summed E-state index contributed by atoms with van der Waals surface area (Å²) in [4.78, 5) is 26.2. The fraction of sp³-hybridized carbons (Fsp3) is 0.467. The number of imide groups is 1. The topological polar surface area (TPSA) is 49.4 Å². The van der Waals surface area contributed by atoms with Crippen LogP contribution in [0, 0.1) is 12.8 Å². The highest BCUT2D eigenvalue weighted by Crippen LogP contribution is 2.44. The lowest BCUT2D eigenvalue weighted by Crippen LogP contribution is -2.38. The fourth-order valence-electron chi connectivity index (χ4n) is 3.30. The summed E-state index contributed by atoms with van der Waals surface area (Å²) in [6.45, 7) is 6.29. The molecule has 1 fully saturated rings. The molecular formula is C15H18N2O2. The number of amides is 2. The molecule has 0 saturated carbocycles. The maximum Gasteiger partial charge on any atom is 0.237 e. The van der Waals surface area contributed by atoms with Gasteiger partial charge in [-0.2, -0.15) is 0 Å². The first-order chi connectivity index (χ1) is 9.04. The van der Waals surface area contributed by atoms with Crippen LogP contribution in [0.4, 0.5) is 5.69 Å². The summed E-state index contributed by atoms with van der Waals surface area (Å²) in [7, 11) is 0. The summed E-state index contributed by atoms with van der Waals surface area (Å²) in [5.41, 5.74) is 3.07. The third-order valence-electron chi connectivity index (χ3n) is 4.22. The zero-order chi connectivity index (χ0) is 13.7. The standard InChI is InChI=1S/C15H18N2O2/c1-4-17-14(18)12-9(3)16-11-6-5-8(2)7-10(11)13(12)15(17)19/h5-7,9,12-13,16H,4H2,1-3H3/t9?,12-,13+/m0/s1. The van der Waals surface area contributed by atoms with Gasteiger partial charge in [0.2, 0.25) is 11.8 Å². The molecule has 1 aromatic carbocycles. The molecule has 2 aliphatic heterocycles. The number of likely N-dealkylation sites (N-methyl/N-ethyl adjacent to an activating group) is 1. The second-order valence-electron chi connectivity index (χ2n) is 5.45. The summed E-state index contributed by atoms with van der Waals surface area (Å²) in [5.74, 6) is -0.650. The van der Waals surface area contributed by atoms with Gasteiger partial charge in [0.25, 0.3) is 0 Å². The van der Waals surface area contributed by atoms with E-state index in [0.717, 1.165) is 16.8 Å². The van der Waals surface area contributed by atoms with Crippen molar-refractivity contribution in [2.75, 3.05) is 11.9 Å². The molecule has 2 aliphatic rings. The van der Waals surface area contributed by atoms with Crippen LogP contribution in [0.15, 0.2) is 18.2 Å². The lowest BCUT2D eigenvalue weighted by molar-refractivity contribution is -0.139. The molecule has 19 heavy (non-hydrogen) atoms. The number of fused-ring (bicyclic) bond motifs is 3. The smallest absolute Gasteiger partial charge is 0.237 e. The molecule has 1 saturated heterocycles. The van der Waals surface area contributed by atoms with E-state index < -0.39 is 0 Å². The van der Waals surface area contributed by atoms with Crippen molar-refractivity contribution in [1.82, 2.24) is 4.90 Å². The van der Waals surface area contributed by atoms with Crippen LogP contribution in [0.5, 0.6) is 0 Å². The van der Waals surface area contributed by atoms with Crippen molar-refractivity contribution < 1.29 is 9.59 Å². The molecular weight excluding hydrogens is 240 g/mol. The maximum atomic E-state index is 12.5. The highest BCUT2D eigenvalue weighted by atomic mass is 16.2. The normalized spacial score (nSPS) is 29.0. The van der Waals surface area contributed by atoms with Crippen molar-refractivity contribution >= 4 is 17.5 Å². The van der Waals surface area contributed by atoms with E-state index in [4.69, 9.17) is 0 Å². The van der Waals surface area contributed by atoms with Crippen LogP contribution in [0.3, 0.4) is 0 Å². The van der Waals surface area contributed by atoms with Crippen LogP contribution < -0.4 is 5.32 Å². The monoisotopic (exact) mass is 258 g/mol. The second-order valence-corrected chi connectivity index (χ2v) is 5.45. The zero-order valence-electron chi connectivity index (χ0n) is 11.4. The van der Waals surface area contributed by atoms with Gasteiger partial charge in [-0.15, -0.1) is 0 Å². The number of hydrogen-bond donors (Lipinski definition) is 1. The van der Waals surface area contributed by atoms with E-state index in [2.05, 4.69) is 5.32 Å². The Balaban J connectivity index is 2.15. The van der Waals surface area contributed by atoms with Gasteiger partial charge >= 0.3 is 0 Å². The molecule has 0 radical (unpaired) electrons. The molecule has 0 bridgehead atoms. The third-order valence-corrected chi connectivity index (χ3v) is 4.22. The van der Waals surface area contributed by atoms with Crippen LogP contribution in [-0.2, 0) is 9.59 Å². The molecule has 100 valence electrons.